The number of esters is 2. The number of likely N-dealkylation sites (N-methyl/N-ethyl adjacent to an activating group) is 1. The van der Waals surface area contributed by atoms with Gasteiger partial charge in [0.1, 0.15) is 12.6 Å². The number of hydrogen-bond acceptors (Lipinski definition) is 7. The first kappa shape index (κ1) is 54.8. The smallest absolute Gasteiger partial charge is 0.306 e. The highest BCUT2D eigenvalue weighted by molar-refractivity contribution is 5.70. The van der Waals surface area contributed by atoms with E-state index in [1.54, 1.807) is 21.1 Å². The number of carboxylic acids is 1. The fraction of sp³-hybridized carbons (Fsp3) is 0.700. The molecule has 58 heavy (non-hydrogen) atoms. The second-order valence-electron chi connectivity index (χ2n) is 16.3. The molecule has 0 aromatic rings. The highest BCUT2D eigenvalue weighted by Crippen LogP contribution is 2.14. The van der Waals surface area contributed by atoms with Crippen LogP contribution in [0.5, 0.6) is 0 Å². The number of carbonyl (C=O) groups is 3. The van der Waals surface area contributed by atoms with Crippen molar-refractivity contribution in [2.75, 3.05) is 41.0 Å². The van der Waals surface area contributed by atoms with Crippen LogP contribution in [-0.2, 0) is 28.6 Å². The zero-order valence-corrected chi connectivity index (χ0v) is 37.7. The van der Waals surface area contributed by atoms with Crippen molar-refractivity contribution in [3.05, 3.63) is 72.9 Å². The lowest BCUT2D eigenvalue weighted by molar-refractivity contribution is -0.889. The number of allylic oxidation sites excluding steroid dienone is 12. The van der Waals surface area contributed by atoms with Crippen LogP contribution in [0.3, 0.4) is 0 Å². The molecule has 0 rings (SSSR count). The number of unbranched alkanes of at least 4 members (excludes halogenated alkanes) is 14. The second-order valence-corrected chi connectivity index (χ2v) is 16.3. The van der Waals surface area contributed by atoms with E-state index in [-0.39, 0.29) is 49.1 Å². The minimum absolute atomic E-state index is 0.0210. The van der Waals surface area contributed by atoms with Crippen molar-refractivity contribution >= 4 is 17.9 Å². The van der Waals surface area contributed by atoms with Gasteiger partial charge in [-0.1, -0.05) is 170 Å². The summed E-state index contributed by atoms with van der Waals surface area (Å²) in [6, 6.07) is -0.736. The van der Waals surface area contributed by atoms with Crippen LogP contribution < -0.4 is 5.11 Å². The van der Waals surface area contributed by atoms with Gasteiger partial charge in [0.2, 0.25) is 0 Å². The van der Waals surface area contributed by atoms with Gasteiger partial charge in [-0.05, 0) is 57.8 Å². The van der Waals surface area contributed by atoms with E-state index in [1.807, 2.05) is 0 Å². The molecule has 2 unspecified atom stereocenters. The van der Waals surface area contributed by atoms with Crippen LogP contribution in [-0.4, -0.2) is 75.5 Å². The van der Waals surface area contributed by atoms with E-state index < -0.39 is 18.1 Å². The second kappa shape index (κ2) is 40.5. The van der Waals surface area contributed by atoms with Crippen LogP contribution in [0.1, 0.15) is 174 Å². The standard InChI is InChI=1S/C50H85NO7/c1-6-8-10-12-14-16-18-20-22-23-24-25-26-27-29-30-32-34-36-38-40-48(52)57-45-46(44-56-43-42-47(50(54)55)51(3,4)5)58-49(53)41-39-37-35-33-31-28-21-19-17-15-13-11-9-7-2/h8,10,14,16,20,22,24-25,27,29,32,34,46-47H,6-7,9,11-13,15,17-19,21,23,26,28,30-31,33,35-45H2,1-5H3/b10-8+,16-14+,22-20+,25-24+,29-27+,34-32+. The maximum Gasteiger partial charge on any atom is 0.306 e. The van der Waals surface area contributed by atoms with Gasteiger partial charge in [0, 0.05) is 19.3 Å². The van der Waals surface area contributed by atoms with Crippen molar-refractivity contribution in [1.82, 2.24) is 0 Å². The summed E-state index contributed by atoms with van der Waals surface area (Å²) in [5.74, 6) is -1.81. The van der Waals surface area contributed by atoms with Crippen molar-refractivity contribution < 1.29 is 38.2 Å². The van der Waals surface area contributed by atoms with E-state index >= 15 is 0 Å². The Morgan fingerprint density at radius 3 is 1.41 bits per heavy atom. The molecule has 0 saturated carbocycles. The van der Waals surface area contributed by atoms with Gasteiger partial charge >= 0.3 is 11.9 Å². The summed E-state index contributed by atoms with van der Waals surface area (Å²) in [6.45, 7) is 4.48. The van der Waals surface area contributed by atoms with E-state index in [9.17, 15) is 19.5 Å². The van der Waals surface area contributed by atoms with Gasteiger partial charge in [-0.3, -0.25) is 9.59 Å². The highest BCUT2D eigenvalue weighted by Gasteiger charge is 2.25. The lowest BCUT2D eigenvalue weighted by Crippen LogP contribution is -2.55. The summed E-state index contributed by atoms with van der Waals surface area (Å²) in [5.41, 5.74) is 0. The van der Waals surface area contributed by atoms with E-state index in [2.05, 4.69) is 86.8 Å². The van der Waals surface area contributed by atoms with Crippen molar-refractivity contribution in [3.8, 4) is 0 Å². The quantitative estimate of drug-likeness (QED) is 0.0263. The predicted molar refractivity (Wildman–Crippen MR) is 240 cm³/mol. The molecule has 332 valence electrons. The number of aliphatic carboxylic acids is 1. The first-order chi connectivity index (χ1) is 28.1. The van der Waals surface area contributed by atoms with Crippen LogP contribution >= 0.6 is 0 Å². The Balaban J connectivity index is 4.42. The first-order valence-electron chi connectivity index (χ1n) is 23.0. The van der Waals surface area contributed by atoms with Gasteiger partial charge in [0.15, 0.2) is 6.10 Å². The number of rotatable bonds is 40. The number of carboxylic acid groups (broad SMARTS) is 1. The molecular formula is C50H85NO7. The third-order valence-electron chi connectivity index (χ3n) is 9.86. The van der Waals surface area contributed by atoms with Gasteiger partial charge in [0.25, 0.3) is 0 Å². The van der Waals surface area contributed by atoms with Crippen LogP contribution in [0.15, 0.2) is 72.9 Å². The van der Waals surface area contributed by atoms with Crippen LogP contribution in [0.25, 0.3) is 0 Å². The molecule has 0 aromatic heterocycles. The van der Waals surface area contributed by atoms with Crippen LogP contribution in [0, 0.1) is 0 Å². The fourth-order valence-corrected chi connectivity index (χ4v) is 6.32. The first-order valence-corrected chi connectivity index (χ1v) is 23.0. The molecular weight excluding hydrogens is 727 g/mol. The molecule has 0 aromatic carbocycles. The normalized spacial score (nSPS) is 13.6. The number of carbonyl (C=O) groups excluding carboxylic acids is 3. The van der Waals surface area contributed by atoms with E-state index in [4.69, 9.17) is 14.2 Å². The van der Waals surface area contributed by atoms with Gasteiger partial charge < -0.3 is 28.6 Å². The van der Waals surface area contributed by atoms with E-state index in [1.165, 1.54) is 70.6 Å². The summed E-state index contributed by atoms with van der Waals surface area (Å²) in [4.78, 5) is 36.9. The zero-order chi connectivity index (χ0) is 42.8. The molecule has 0 amide bonds. The zero-order valence-electron chi connectivity index (χ0n) is 37.7. The number of quaternary nitrogens is 1. The number of ether oxygens (including phenoxy) is 3. The Hall–Kier alpha value is -3.23. The highest BCUT2D eigenvalue weighted by atomic mass is 16.6. The lowest BCUT2D eigenvalue weighted by atomic mass is 10.0. The molecule has 2 atom stereocenters. The molecule has 0 aliphatic rings. The maximum atomic E-state index is 12.7. The van der Waals surface area contributed by atoms with Gasteiger partial charge in [0.05, 0.1) is 40.3 Å². The third-order valence-corrected chi connectivity index (χ3v) is 9.86. The third kappa shape index (κ3) is 38.3. The molecule has 0 aliphatic carbocycles. The molecule has 0 spiro atoms. The largest absolute Gasteiger partial charge is 0.544 e. The summed E-state index contributed by atoms with van der Waals surface area (Å²) in [6.07, 6.45) is 50.7. The summed E-state index contributed by atoms with van der Waals surface area (Å²) < 4.78 is 17.1. The van der Waals surface area contributed by atoms with E-state index in [0.717, 1.165) is 64.2 Å². The summed E-state index contributed by atoms with van der Waals surface area (Å²) in [7, 11) is 5.39. The molecule has 8 nitrogen and oxygen atoms in total. The molecule has 0 fully saturated rings. The van der Waals surface area contributed by atoms with Crippen molar-refractivity contribution in [1.29, 1.82) is 0 Å². The Labute approximate surface area is 355 Å². The summed E-state index contributed by atoms with van der Waals surface area (Å²) in [5, 5.41) is 11.6. The Morgan fingerprint density at radius 1 is 0.534 bits per heavy atom. The molecule has 0 saturated heterocycles. The molecule has 8 heteroatoms. The molecule has 0 bridgehead atoms. The fourth-order valence-electron chi connectivity index (χ4n) is 6.32. The Bertz CT molecular complexity index is 1180. The average Bonchev–Trinajstić information content (AvgIpc) is 3.18. The predicted octanol–water partition coefficient (Wildman–Crippen LogP) is 11.4. The van der Waals surface area contributed by atoms with Crippen LogP contribution in [0.4, 0.5) is 0 Å². The van der Waals surface area contributed by atoms with Crippen LogP contribution in [0.2, 0.25) is 0 Å². The number of nitrogens with zero attached hydrogens (tertiary/aromatic N) is 1. The Morgan fingerprint density at radius 2 is 0.966 bits per heavy atom. The molecule has 0 N–H and O–H groups in total. The average molecular weight is 812 g/mol. The monoisotopic (exact) mass is 812 g/mol. The van der Waals surface area contributed by atoms with Gasteiger partial charge in [-0.2, -0.15) is 0 Å². The van der Waals surface area contributed by atoms with E-state index in [0.29, 0.717) is 12.8 Å². The van der Waals surface area contributed by atoms with Gasteiger partial charge in [-0.25, -0.2) is 0 Å². The molecule has 0 aliphatic heterocycles. The minimum Gasteiger partial charge on any atom is -0.544 e. The summed E-state index contributed by atoms with van der Waals surface area (Å²) >= 11 is 0. The number of hydrogen-bond donors (Lipinski definition) is 0. The lowest BCUT2D eigenvalue weighted by Gasteiger charge is -2.34. The van der Waals surface area contributed by atoms with Crippen molar-refractivity contribution in [3.63, 3.8) is 0 Å². The topological polar surface area (TPSA) is 102 Å². The maximum absolute atomic E-state index is 12.7. The Kier molecular flexibility index (Phi) is 38.3. The SMILES string of the molecule is CC/C=C/C/C=C/C/C=C/C/C=C/C/C=C/C/C=C/CCCC(=O)OCC(COCCC(C(=O)[O-])[N+](C)(C)C)OC(=O)CCCCCCCCCCCCCCCC. The minimum atomic E-state index is -1.13. The molecule has 0 radical (unpaired) electrons. The van der Waals surface area contributed by atoms with Gasteiger partial charge in [-0.15, -0.1) is 0 Å². The van der Waals surface area contributed by atoms with Crippen molar-refractivity contribution in [2.45, 2.75) is 187 Å². The van der Waals surface area contributed by atoms with Crippen molar-refractivity contribution in [2.24, 2.45) is 0 Å². The molecule has 0 heterocycles.